The summed E-state index contributed by atoms with van der Waals surface area (Å²) in [6, 6.07) is 0. The van der Waals surface area contributed by atoms with Crippen LogP contribution in [0, 0.1) is 0 Å². The first-order valence-electron chi connectivity index (χ1n) is 4.67. The van der Waals surface area contributed by atoms with Gasteiger partial charge in [-0.1, -0.05) is 0 Å². The number of hydrogen-bond acceptors (Lipinski definition) is 3. The van der Waals surface area contributed by atoms with E-state index in [1.807, 2.05) is 0 Å². The Morgan fingerprint density at radius 1 is 1.43 bits per heavy atom. The highest BCUT2D eigenvalue weighted by Gasteiger charge is 2.28. The molecule has 4 nitrogen and oxygen atoms in total. The van der Waals surface area contributed by atoms with Crippen LogP contribution in [-0.4, -0.2) is 21.2 Å². The normalized spacial score (nSPS) is 16.0. The molecule has 4 heteroatoms. The van der Waals surface area contributed by atoms with E-state index in [1.165, 1.54) is 12.8 Å². The van der Waals surface area contributed by atoms with Gasteiger partial charge in [0.1, 0.15) is 12.0 Å². The van der Waals surface area contributed by atoms with Crippen LogP contribution in [0.2, 0.25) is 0 Å². The molecule has 70 valence electrons. The lowest BCUT2D eigenvalue weighted by molar-refractivity contribution is 0.112. The largest absolute Gasteiger partial charge is 0.345 e. The van der Waals surface area contributed by atoms with Gasteiger partial charge < -0.3 is 4.98 Å². The van der Waals surface area contributed by atoms with Crippen LogP contribution in [0.1, 0.15) is 34.8 Å². The van der Waals surface area contributed by atoms with E-state index in [2.05, 4.69) is 15.0 Å². The molecule has 1 saturated carbocycles. The fourth-order valence-electron chi connectivity index (χ4n) is 1.77. The van der Waals surface area contributed by atoms with Crippen molar-refractivity contribution in [1.82, 2.24) is 15.0 Å². The highest BCUT2D eigenvalue weighted by atomic mass is 16.1. The van der Waals surface area contributed by atoms with Crippen LogP contribution in [0.25, 0.3) is 11.0 Å². The van der Waals surface area contributed by atoms with Gasteiger partial charge in [-0.3, -0.25) is 4.79 Å². The molecule has 0 radical (unpaired) electrons. The lowest BCUT2D eigenvalue weighted by Gasteiger charge is -1.98. The fraction of sp³-hybridized carbons (Fsp3) is 0.300. The standard InChI is InChI=1S/C10H9N3O/c14-4-7-3-11-10-8(7)9(6-1-2-6)12-5-13-10/h3-6H,1-2H2,(H,11,12,13). The molecular formula is C10H9N3O. The molecule has 3 rings (SSSR count). The summed E-state index contributed by atoms with van der Waals surface area (Å²) in [6.45, 7) is 0. The zero-order chi connectivity index (χ0) is 9.54. The van der Waals surface area contributed by atoms with Crippen molar-refractivity contribution >= 4 is 17.3 Å². The van der Waals surface area contributed by atoms with Crippen molar-refractivity contribution < 1.29 is 4.79 Å². The summed E-state index contributed by atoms with van der Waals surface area (Å²) < 4.78 is 0. The SMILES string of the molecule is O=Cc1c[nH]c2ncnc(C3CC3)c12. The second kappa shape index (κ2) is 2.64. The maximum Gasteiger partial charge on any atom is 0.152 e. The summed E-state index contributed by atoms with van der Waals surface area (Å²) in [5, 5.41) is 0.907. The van der Waals surface area contributed by atoms with Crippen molar-refractivity contribution in [1.29, 1.82) is 0 Å². The molecule has 2 aromatic rings. The molecule has 0 amide bonds. The van der Waals surface area contributed by atoms with Gasteiger partial charge in [0.25, 0.3) is 0 Å². The molecule has 2 aromatic heterocycles. The highest BCUT2D eigenvalue weighted by Crippen LogP contribution is 2.41. The molecule has 0 aromatic carbocycles. The quantitative estimate of drug-likeness (QED) is 0.727. The summed E-state index contributed by atoms with van der Waals surface area (Å²) in [7, 11) is 0. The van der Waals surface area contributed by atoms with Gasteiger partial charge in [0, 0.05) is 17.7 Å². The van der Waals surface area contributed by atoms with Crippen LogP contribution >= 0.6 is 0 Å². The summed E-state index contributed by atoms with van der Waals surface area (Å²) in [5.74, 6) is 0.537. The molecule has 1 fully saturated rings. The van der Waals surface area contributed by atoms with Gasteiger partial charge in [0.15, 0.2) is 6.29 Å². The van der Waals surface area contributed by atoms with Crippen LogP contribution in [0.3, 0.4) is 0 Å². The van der Waals surface area contributed by atoms with Gasteiger partial charge in [-0.2, -0.15) is 0 Å². The van der Waals surface area contributed by atoms with Gasteiger partial charge in [0.2, 0.25) is 0 Å². The summed E-state index contributed by atoms with van der Waals surface area (Å²) in [6.07, 6.45) is 6.46. The molecule has 14 heavy (non-hydrogen) atoms. The Hall–Kier alpha value is -1.71. The minimum absolute atomic E-state index is 0.537. The number of fused-ring (bicyclic) bond motifs is 1. The van der Waals surface area contributed by atoms with E-state index < -0.39 is 0 Å². The molecular weight excluding hydrogens is 178 g/mol. The molecule has 0 bridgehead atoms. The molecule has 0 saturated heterocycles. The lowest BCUT2D eigenvalue weighted by atomic mass is 10.1. The topological polar surface area (TPSA) is 58.6 Å². The third kappa shape index (κ3) is 0.968. The number of nitrogens with one attached hydrogen (secondary N) is 1. The van der Waals surface area contributed by atoms with Crippen LogP contribution in [0.5, 0.6) is 0 Å². The minimum Gasteiger partial charge on any atom is -0.345 e. The maximum atomic E-state index is 10.8. The highest BCUT2D eigenvalue weighted by molar-refractivity contribution is 5.97. The number of rotatable bonds is 2. The van der Waals surface area contributed by atoms with E-state index in [1.54, 1.807) is 12.5 Å². The molecule has 1 aliphatic carbocycles. The molecule has 1 N–H and O–H groups in total. The van der Waals surface area contributed by atoms with Crippen LogP contribution in [0.4, 0.5) is 0 Å². The van der Waals surface area contributed by atoms with Crippen molar-refractivity contribution in [2.45, 2.75) is 18.8 Å². The second-order valence-corrected chi connectivity index (χ2v) is 3.62. The Kier molecular flexibility index (Phi) is 1.45. The molecule has 1 aliphatic rings. The molecule has 0 unspecified atom stereocenters. The Morgan fingerprint density at radius 3 is 3.00 bits per heavy atom. The minimum atomic E-state index is 0.537. The van der Waals surface area contributed by atoms with E-state index >= 15 is 0 Å². The van der Waals surface area contributed by atoms with Crippen molar-refractivity contribution in [3.05, 3.63) is 23.8 Å². The second-order valence-electron chi connectivity index (χ2n) is 3.62. The number of nitrogens with zero attached hydrogens (tertiary/aromatic N) is 2. The molecule has 0 spiro atoms. The van der Waals surface area contributed by atoms with Crippen molar-refractivity contribution in [3.63, 3.8) is 0 Å². The van der Waals surface area contributed by atoms with Crippen LogP contribution in [0.15, 0.2) is 12.5 Å². The Bertz CT molecular complexity index is 499. The molecule has 0 aliphatic heterocycles. The smallest absolute Gasteiger partial charge is 0.152 e. The Labute approximate surface area is 80.4 Å². The first kappa shape index (κ1) is 7.67. The number of aldehydes is 1. The number of hydrogen-bond donors (Lipinski definition) is 1. The third-order valence-corrected chi connectivity index (χ3v) is 2.62. The van der Waals surface area contributed by atoms with Gasteiger partial charge in [-0.05, 0) is 12.8 Å². The van der Waals surface area contributed by atoms with Crippen molar-refractivity contribution in [3.8, 4) is 0 Å². The number of carbonyl (C=O) groups is 1. The zero-order valence-electron chi connectivity index (χ0n) is 7.53. The zero-order valence-corrected chi connectivity index (χ0v) is 7.53. The van der Waals surface area contributed by atoms with E-state index in [-0.39, 0.29) is 0 Å². The maximum absolute atomic E-state index is 10.8. The average molecular weight is 187 g/mol. The van der Waals surface area contributed by atoms with Crippen molar-refractivity contribution in [2.75, 3.05) is 0 Å². The van der Waals surface area contributed by atoms with Crippen molar-refractivity contribution in [2.24, 2.45) is 0 Å². The molecule has 0 atom stereocenters. The monoisotopic (exact) mass is 187 g/mol. The fourth-order valence-corrected chi connectivity index (χ4v) is 1.77. The van der Waals surface area contributed by atoms with E-state index in [0.717, 1.165) is 23.0 Å². The predicted molar refractivity (Wildman–Crippen MR) is 51.3 cm³/mol. The number of aromatic amines is 1. The van der Waals surface area contributed by atoms with E-state index in [4.69, 9.17) is 0 Å². The number of aromatic nitrogens is 3. The lowest BCUT2D eigenvalue weighted by Crippen LogP contribution is -1.91. The predicted octanol–water partition coefficient (Wildman–Crippen LogP) is 1.65. The summed E-state index contributed by atoms with van der Waals surface area (Å²) >= 11 is 0. The van der Waals surface area contributed by atoms with E-state index in [9.17, 15) is 4.79 Å². The first-order valence-corrected chi connectivity index (χ1v) is 4.67. The average Bonchev–Trinajstić information content (AvgIpc) is 2.97. The summed E-state index contributed by atoms with van der Waals surface area (Å²) in [4.78, 5) is 22.1. The van der Waals surface area contributed by atoms with Gasteiger partial charge >= 0.3 is 0 Å². The van der Waals surface area contributed by atoms with Gasteiger partial charge in [-0.15, -0.1) is 0 Å². The number of carbonyl (C=O) groups excluding carboxylic acids is 1. The Balaban J connectivity index is 2.35. The van der Waals surface area contributed by atoms with Gasteiger partial charge in [0.05, 0.1) is 11.1 Å². The number of H-pyrrole nitrogens is 1. The van der Waals surface area contributed by atoms with Crippen LogP contribution in [-0.2, 0) is 0 Å². The Morgan fingerprint density at radius 2 is 2.29 bits per heavy atom. The van der Waals surface area contributed by atoms with E-state index in [0.29, 0.717) is 11.5 Å². The third-order valence-electron chi connectivity index (χ3n) is 2.62. The van der Waals surface area contributed by atoms with Crippen LogP contribution < -0.4 is 0 Å². The summed E-state index contributed by atoms with van der Waals surface area (Å²) in [5.41, 5.74) is 2.46. The first-order chi connectivity index (χ1) is 6.90. The molecule has 2 heterocycles. The van der Waals surface area contributed by atoms with Gasteiger partial charge in [-0.25, -0.2) is 9.97 Å².